The Morgan fingerprint density at radius 2 is 0.963 bits per heavy atom. The summed E-state index contributed by atoms with van der Waals surface area (Å²) in [5.74, 6) is -0.297. The molecule has 0 atom stereocenters. The van der Waals surface area contributed by atoms with Gasteiger partial charge in [-0.15, -0.1) is 0 Å². The zero-order valence-electron chi connectivity index (χ0n) is 16.0. The quantitative estimate of drug-likeness (QED) is 0.350. The molecule has 2 saturated heterocycles. The fraction of sp³-hybridized carbons (Fsp3) is 1.00. The van der Waals surface area contributed by atoms with Crippen molar-refractivity contribution in [3.63, 3.8) is 0 Å². The molecule has 2 aliphatic heterocycles. The molecule has 157 valence electrons. The van der Waals surface area contributed by atoms with Gasteiger partial charge in [-0.2, -0.15) is 16.8 Å². The third-order valence-electron chi connectivity index (χ3n) is 3.96. The van der Waals surface area contributed by atoms with Gasteiger partial charge in [-0.25, -0.2) is 0 Å². The van der Waals surface area contributed by atoms with E-state index < -0.39 is 20.2 Å². The van der Waals surface area contributed by atoms with Crippen molar-refractivity contribution in [1.82, 2.24) is 9.80 Å². The molecular formula is C14H30N2NaO8S2. The Bertz CT molecular complexity index is 524. The topological polar surface area (TPSA) is 134 Å². The fourth-order valence-corrected chi connectivity index (χ4v) is 3.58. The van der Waals surface area contributed by atoms with Crippen molar-refractivity contribution in [2.45, 2.75) is 12.8 Å². The molecule has 2 fully saturated rings. The largest absolute Gasteiger partial charge is 0.379 e. The monoisotopic (exact) mass is 441 g/mol. The van der Waals surface area contributed by atoms with Gasteiger partial charge in [-0.05, 0) is 25.9 Å². The molecule has 2 heterocycles. The molecule has 2 rings (SSSR count). The van der Waals surface area contributed by atoms with Crippen LogP contribution in [-0.2, 0) is 29.7 Å². The van der Waals surface area contributed by atoms with E-state index in [1.54, 1.807) is 0 Å². The number of hydrogen-bond acceptors (Lipinski definition) is 8. The Morgan fingerprint density at radius 1 is 0.667 bits per heavy atom. The molecule has 0 amide bonds. The third-order valence-corrected chi connectivity index (χ3v) is 5.57. The minimum absolute atomic E-state index is 0. The van der Waals surface area contributed by atoms with Crippen LogP contribution in [0.4, 0.5) is 0 Å². The molecule has 1 radical (unpaired) electrons. The van der Waals surface area contributed by atoms with Crippen molar-refractivity contribution in [2.75, 3.05) is 77.2 Å². The number of nitrogens with zero attached hydrogens (tertiary/aromatic N) is 2. The van der Waals surface area contributed by atoms with Crippen molar-refractivity contribution in [3.8, 4) is 0 Å². The smallest absolute Gasteiger partial charge is 0.264 e. The number of rotatable bonds is 8. The molecule has 0 aromatic carbocycles. The number of hydrogen-bond donors (Lipinski definition) is 2. The van der Waals surface area contributed by atoms with Crippen LogP contribution in [-0.4, -0.2) is 142 Å². The first-order valence-corrected chi connectivity index (χ1v) is 11.9. The summed E-state index contributed by atoms with van der Waals surface area (Å²) in [7, 11) is -7.57. The van der Waals surface area contributed by atoms with E-state index >= 15 is 0 Å². The summed E-state index contributed by atoms with van der Waals surface area (Å²) in [6.45, 7) is 7.69. The van der Waals surface area contributed by atoms with E-state index in [-0.39, 0.29) is 41.1 Å². The summed E-state index contributed by atoms with van der Waals surface area (Å²) in [5, 5.41) is 0. The maximum Gasteiger partial charge on any atom is 0.264 e. The molecule has 0 aromatic rings. The number of ether oxygens (including phenoxy) is 2. The Hall–Kier alpha value is 0.660. The van der Waals surface area contributed by atoms with Gasteiger partial charge in [-0.1, -0.05) is 0 Å². The van der Waals surface area contributed by atoms with Gasteiger partial charge in [0.25, 0.3) is 20.2 Å². The fourth-order valence-electron chi connectivity index (χ4n) is 2.59. The van der Waals surface area contributed by atoms with Gasteiger partial charge in [0.05, 0.1) is 37.9 Å². The van der Waals surface area contributed by atoms with Crippen LogP contribution < -0.4 is 0 Å². The van der Waals surface area contributed by atoms with E-state index in [0.717, 1.165) is 26.2 Å². The van der Waals surface area contributed by atoms with Crippen molar-refractivity contribution in [2.24, 2.45) is 0 Å². The van der Waals surface area contributed by atoms with Gasteiger partial charge >= 0.3 is 0 Å². The van der Waals surface area contributed by atoms with Gasteiger partial charge in [0.2, 0.25) is 0 Å². The Labute approximate surface area is 184 Å². The summed E-state index contributed by atoms with van der Waals surface area (Å²) < 4.78 is 68.8. The molecule has 0 aliphatic carbocycles. The van der Waals surface area contributed by atoms with Crippen molar-refractivity contribution in [1.29, 1.82) is 0 Å². The normalized spacial score (nSPS) is 19.6. The van der Waals surface area contributed by atoms with Crippen LogP contribution in [0.3, 0.4) is 0 Å². The van der Waals surface area contributed by atoms with Gasteiger partial charge < -0.3 is 9.47 Å². The minimum Gasteiger partial charge on any atom is -0.379 e. The van der Waals surface area contributed by atoms with Crippen molar-refractivity contribution in [3.05, 3.63) is 0 Å². The average Bonchev–Trinajstić information content (AvgIpc) is 2.55. The zero-order chi connectivity index (χ0) is 19.5. The SMILES string of the molecule is O=S(=O)(O)CCCN1CCOCC1.O=S(=O)(O)CCCN1CCOCC1.[Na]. The van der Waals surface area contributed by atoms with E-state index in [9.17, 15) is 16.8 Å². The minimum atomic E-state index is -3.78. The van der Waals surface area contributed by atoms with E-state index in [4.69, 9.17) is 18.6 Å². The molecule has 0 aromatic heterocycles. The van der Waals surface area contributed by atoms with E-state index in [2.05, 4.69) is 9.80 Å². The molecule has 2 N–H and O–H groups in total. The molecule has 2 aliphatic rings. The predicted molar refractivity (Wildman–Crippen MR) is 102 cm³/mol. The summed E-state index contributed by atoms with van der Waals surface area (Å²) in [4.78, 5) is 4.27. The Balaban J connectivity index is 0.000000483. The molecule has 13 heteroatoms. The van der Waals surface area contributed by atoms with Crippen LogP contribution >= 0.6 is 0 Å². The standard InChI is InChI=1S/2C7H15NO4S.Na/c2*9-13(10,11)7-1-2-8-3-5-12-6-4-8;/h2*1-7H2,(H,9,10,11);. The Kier molecular flexibility index (Phi) is 15.0. The van der Waals surface area contributed by atoms with Gasteiger partial charge in [-0.3, -0.25) is 18.9 Å². The maximum atomic E-state index is 10.4. The summed E-state index contributed by atoms with van der Waals surface area (Å²) in [6.07, 6.45) is 0.970. The van der Waals surface area contributed by atoms with Crippen LogP contribution in [0.25, 0.3) is 0 Å². The van der Waals surface area contributed by atoms with E-state index in [1.165, 1.54) is 0 Å². The number of morpholine rings is 2. The second kappa shape index (κ2) is 14.6. The van der Waals surface area contributed by atoms with Crippen LogP contribution in [0, 0.1) is 0 Å². The van der Waals surface area contributed by atoms with Crippen LogP contribution in [0.5, 0.6) is 0 Å². The molecule has 10 nitrogen and oxygen atoms in total. The van der Waals surface area contributed by atoms with Gasteiger partial charge in [0, 0.05) is 55.7 Å². The van der Waals surface area contributed by atoms with Crippen molar-refractivity contribution >= 4 is 49.8 Å². The Morgan fingerprint density at radius 3 is 1.22 bits per heavy atom. The van der Waals surface area contributed by atoms with Crippen LogP contribution in [0.1, 0.15) is 12.8 Å². The van der Waals surface area contributed by atoms with Crippen LogP contribution in [0.2, 0.25) is 0 Å². The molecule has 0 saturated carbocycles. The zero-order valence-corrected chi connectivity index (χ0v) is 19.6. The van der Waals surface area contributed by atoms with E-state index in [1.807, 2.05) is 0 Å². The average molecular weight is 442 g/mol. The molecule has 0 bridgehead atoms. The van der Waals surface area contributed by atoms with Gasteiger partial charge in [0.1, 0.15) is 0 Å². The molecule has 27 heavy (non-hydrogen) atoms. The predicted octanol–water partition coefficient (Wildman–Crippen LogP) is -1.19. The van der Waals surface area contributed by atoms with Gasteiger partial charge in [0.15, 0.2) is 0 Å². The summed E-state index contributed by atoms with van der Waals surface area (Å²) >= 11 is 0. The first-order chi connectivity index (χ1) is 12.2. The van der Waals surface area contributed by atoms with E-state index in [0.29, 0.717) is 52.4 Å². The molecule has 0 unspecified atom stereocenters. The molecule has 0 spiro atoms. The van der Waals surface area contributed by atoms with Crippen LogP contribution in [0.15, 0.2) is 0 Å². The second-order valence-corrected chi connectivity index (χ2v) is 9.33. The first kappa shape index (κ1) is 27.7. The second-order valence-electron chi connectivity index (χ2n) is 6.19. The van der Waals surface area contributed by atoms with Crippen molar-refractivity contribution < 1.29 is 35.4 Å². The summed E-state index contributed by atoms with van der Waals surface area (Å²) in [6, 6.07) is 0. The maximum absolute atomic E-state index is 10.4. The summed E-state index contributed by atoms with van der Waals surface area (Å²) in [5.41, 5.74) is 0. The first-order valence-electron chi connectivity index (χ1n) is 8.66. The molecular weight excluding hydrogens is 411 g/mol. The third kappa shape index (κ3) is 17.2.